The number of morpholine rings is 1. The van der Waals surface area contributed by atoms with Gasteiger partial charge in [0, 0.05) is 49.7 Å². The molecule has 1 fully saturated rings. The highest BCUT2D eigenvalue weighted by atomic mass is 19.1. The number of anilines is 3. The molecular weight excluding hydrogens is 404 g/mol. The highest BCUT2D eigenvalue weighted by Gasteiger charge is 2.21. The summed E-state index contributed by atoms with van der Waals surface area (Å²) in [5.41, 5.74) is 1.72. The Morgan fingerprint density at radius 3 is 2.74 bits per heavy atom. The van der Waals surface area contributed by atoms with E-state index in [4.69, 9.17) is 4.74 Å². The van der Waals surface area contributed by atoms with Gasteiger partial charge in [-0.15, -0.1) is 0 Å². The Hall–Kier alpha value is -3.53. The zero-order chi connectivity index (χ0) is 21.4. The fraction of sp³-hybridized carbons (Fsp3) is 0.286. The Labute approximate surface area is 177 Å². The van der Waals surface area contributed by atoms with Crippen molar-refractivity contribution in [2.45, 2.75) is 6.54 Å². The van der Waals surface area contributed by atoms with Crippen LogP contribution in [-0.4, -0.2) is 50.6 Å². The summed E-state index contributed by atoms with van der Waals surface area (Å²) in [6, 6.07) is 4.63. The average molecular weight is 425 g/mol. The van der Waals surface area contributed by atoms with E-state index in [2.05, 4.69) is 20.4 Å². The van der Waals surface area contributed by atoms with Crippen LogP contribution < -0.4 is 10.2 Å². The minimum Gasteiger partial charge on any atom is -0.378 e. The maximum absolute atomic E-state index is 15.3. The first-order chi connectivity index (χ1) is 15.1. The average Bonchev–Trinajstić information content (AvgIpc) is 3.37. The molecular formula is C21H21F2N7O. The highest BCUT2D eigenvalue weighted by Crippen LogP contribution is 2.27. The number of rotatable bonds is 5. The first-order valence-electron chi connectivity index (χ1n) is 9.95. The van der Waals surface area contributed by atoms with Gasteiger partial charge in [-0.1, -0.05) is 0 Å². The van der Waals surface area contributed by atoms with Crippen molar-refractivity contribution in [3.63, 3.8) is 0 Å². The van der Waals surface area contributed by atoms with Gasteiger partial charge >= 0.3 is 0 Å². The van der Waals surface area contributed by atoms with E-state index in [1.54, 1.807) is 34.0 Å². The number of fused-ring (bicyclic) bond motifs is 1. The number of nitrogens with one attached hydrogen (secondary N) is 1. The lowest BCUT2D eigenvalue weighted by Gasteiger charge is -2.29. The summed E-state index contributed by atoms with van der Waals surface area (Å²) in [5, 5.41) is 7.97. The summed E-state index contributed by atoms with van der Waals surface area (Å²) in [6.45, 7) is 2.22. The van der Waals surface area contributed by atoms with Crippen LogP contribution in [0.4, 0.5) is 26.1 Å². The van der Waals surface area contributed by atoms with Gasteiger partial charge in [-0.2, -0.15) is 10.1 Å². The second-order valence-electron chi connectivity index (χ2n) is 7.40. The monoisotopic (exact) mass is 425 g/mol. The molecule has 1 aliphatic heterocycles. The molecule has 0 spiro atoms. The fourth-order valence-corrected chi connectivity index (χ4v) is 3.72. The van der Waals surface area contributed by atoms with Gasteiger partial charge in [0.05, 0.1) is 37.3 Å². The fourth-order valence-electron chi connectivity index (χ4n) is 3.72. The van der Waals surface area contributed by atoms with Crippen molar-refractivity contribution in [3.05, 3.63) is 60.2 Å². The number of halogens is 2. The van der Waals surface area contributed by atoms with Gasteiger partial charge in [0.15, 0.2) is 5.82 Å². The Morgan fingerprint density at radius 1 is 1.13 bits per heavy atom. The van der Waals surface area contributed by atoms with E-state index in [1.807, 2.05) is 18.0 Å². The second-order valence-corrected chi connectivity index (χ2v) is 7.40. The van der Waals surface area contributed by atoms with Gasteiger partial charge in [-0.25, -0.2) is 13.8 Å². The largest absolute Gasteiger partial charge is 0.378 e. The summed E-state index contributed by atoms with van der Waals surface area (Å²) in [6.07, 6.45) is 6.89. The highest BCUT2D eigenvalue weighted by molar-refractivity contribution is 5.77. The molecule has 4 aromatic rings. The van der Waals surface area contributed by atoms with Gasteiger partial charge < -0.3 is 19.5 Å². The lowest BCUT2D eigenvalue weighted by atomic mass is 10.1. The number of aryl methyl sites for hydroxylation is 1. The molecule has 0 amide bonds. The third-order valence-corrected chi connectivity index (χ3v) is 5.31. The number of benzene rings is 1. The lowest BCUT2D eigenvalue weighted by molar-refractivity contribution is 0.122. The van der Waals surface area contributed by atoms with Gasteiger partial charge in [-0.3, -0.25) is 4.68 Å². The summed E-state index contributed by atoms with van der Waals surface area (Å²) in [7, 11) is 1.81. The predicted molar refractivity (Wildman–Crippen MR) is 113 cm³/mol. The van der Waals surface area contributed by atoms with Crippen LogP contribution in [0.25, 0.3) is 11.0 Å². The van der Waals surface area contributed by atoms with Crippen molar-refractivity contribution < 1.29 is 13.5 Å². The smallest absolute Gasteiger partial charge is 0.229 e. The zero-order valence-electron chi connectivity index (χ0n) is 16.9. The van der Waals surface area contributed by atoms with E-state index in [9.17, 15) is 4.39 Å². The maximum atomic E-state index is 15.3. The molecule has 10 heteroatoms. The SMILES string of the molecule is Cn1cc(Nc2ncc3ccn(Cc4c(F)ccc(N5CCOCC5)c4F)c3n2)cn1. The summed E-state index contributed by atoms with van der Waals surface area (Å²) in [4.78, 5) is 10.7. The molecule has 1 aromatic carbocycles. The van der Waals surface area contributed by atoms with E-state index < -0.39 is 11.6 Å². The van der Waals surface area contributed by atoms with Crippen LogP contribution in [0, 0.1) is 11.6 Å². The molecule has 0 aliphatic carbocycles. The number of hydrogen-bond acceptors (Lipinski definition) is 6. The van der Waals surface area contributed by atoms with Crippen LogP contribution in [0.2, 0.25) is 0 Å². The van der Waals surface area contributed by atoms with Gasteiger partial charge in [-0.05, 0) is 18.2 Å². The summed E-state index contributed by atoms with van der Waals surface area (Å²) in [5.74, 6) is -0.755. The van der Waals surface area contributed by atoms with Gasteiger partial charge in [0.1, 0.15) is 11.5 Å². The summed E-state index contributed by atoms with van der Waals surface area (Å²) >= 11 is 0. The first kappa shape index (κ1) is 19.4. The van der Waals surface area contributed by atoms with Crippen molar-refractivity contribution in [3.8, 4) is 0 Å². The predicted octanol–water partition coefficient (Wildman–Crippen LogP) is 3.07. The normalized spacial score (nSPS) is 14.4. The molecule has 0 unspecified atom stereocenters. The van der Waals surface area contributed by atoms with E-state index in [1.165, 1.54) is 12.1 Å². The number of hydrogen-bond donors (Lipinski definition) is 1. The molecule has 5 rings (SSSR count). The van der Waals surface area contributed by atoms with Crippen molar-refractivity contribution >= 4 is 28.4 Å². The molecule has 0 atom stereocenters. The first-order valence-corrected chi connectivity index (χ1v) is 9.95. The standard InChI is InChI=1S/C21H21F2N7O/c1-28-12-15(11-25-28)26-21-24-10-14-4-5-30(20(14)27-21)13-16-17(22)2-3-18(19(16)23)29-6-8-31-9-7-29/h2-5,10-12H,6-9,13H2,1H3,(H,24,26,27). The molecule has 0 radical (unpaired) electrons. The van der Waals surface area contributed by atoms with Gasteiger partial charge in [0.2, 0.25) is 5.95 Å². The molecule has 4 heterocycles. The van der Waals surface area contributed by atoms with E-state index in [0.717, 1.165) is 11.1 Å². The number of nitrogens with zero attached hydrogens (tertiary/aromatic N) is 6. The van der Waals surface area contributed by atoms with Crippen LogP contribution >= 0.6 is 0 Å². The molecule has 1 saturated heterocycles. The Kier molecular flexibility index (Phi) is 4.99. The maximum Gasteiger partial charge on any atom is 0.229 e. The third kappa shape index (κ3) is 3.81. The molecule has 8 nitrogen and oxygen atoms in total. The van der Waals surface area contributed by atoms with Crippen molar-refractivity contribution in [2.75, 3.05) is 36.5 Å². The second kappa shape index (κ2) is 7.95. The van der Waals surface area contributed by atoms with E-state index in [0.29, 0.717) is 43.6 Å². The Balaban J connectivity index is 1.46. The van der Waals surface area contributed by atoms with Crippen LogP contribution in [-0.2, 0) is 18.3 Å². The summed E-state index contributed by atoms with van der Waals surface area (Å²) < 4.78 is 38.6. The van der Waals surface area contributed by atoms with E-state index in [-0.39, 0.29) is 12.1 Å². The van der Waals surface area contributed by atoms with Crippen molar-refractivity contribution in [2.24, 2.45) is 7.05 Å². The minimum absolute atomic E-state index is 0.00173. The molecule has 31 heavy (non-hydrogen) atoms. The Morgan fingerprint density at radius 2 is 1.97 bits per heavy atom. The molecule has 1 aliphatic rings. The molecule has 3 aromatic heterocycles. The van der Waals surface area contributed by atoms with Crippen LogP contribution in [0.5, 0.6) is 0 Å². The van der Waals surface area contributed by atoms with Crippen molar-refractivity contribution in [1.29, 1.82) is 0 Å². The molecule has 1 N–H and O–H groups in total. The van der Waals surface area contributed by atoms with Crippen LogP contribution in [0.15, 0.2) is 43.0 Å². The van der Waals surface area contributed by atoms with Crippen LogP contribution in [0.3, 0.4) is 0 Å². The molecule has 0 bridgehead atoms. The zero-order valence-corrected chi connectivity index (χ0v) is 16.9. The number of aromatic nitrogens is 5. The Bertz CT molecular complexity index is 1230. The third-order valence-electron chi connectivity index (χ3n) is 5.31. The topological polar surface area (TPSA) is 73.0 Å². The van der Waals surface area contributed by atoms with E-state index >= 15 is 4.39 Å². The lowest BCUT2D eigenvalue weighted by Crippen LogP contribution is -2.37. The quantitative estimate of drug-likeness (QED) is 0.530. The minimum atomic E-state index is -0.584. The van der Waals surface area contributed by atoms with Crippen LogP contribution in [0.1, 0.15) is 5.56 Å². The van der Waals surface area contributed by atoms with Gasteiger partial charge in [0.25, 0.3) is 0 Å². The van der Waals surface area contributed by atoms with Crippen molar-refractivity contribution in [1.82, 2.24) is 24.3 Å². The number of ether oxygens (including phenoxy) is 1. The molecule has 160 valence electrons. The molecule has 0 saturated carbocycles.